The molecule has 1 aromatic carbocycles. The fraction of sp³-hybridized carbons (Fsp3) is 0.385. The summed E-state index contributed by atoms with van der Waals surface area (Å²) in [6, 6.07) is 5.04. The molecule has 0 fully saturated rings. The first-order valence-electron chi connectivity index (χ1n) is 5.73. The van der Waals surface area contributed by atoms with E-state index < -0.39 is 10.0 Å². The first kappa shape index (κ1) is 14.6. The highest BCUT2D eigenvalue weighted by atomic mass is 32.2. The molecule has 0 aliphatic carbocycles. The SMILES string of the molecule is C#CCN(CCC)S(=O)(=O)c1c(C)cccc1N. The Morgan fingerprint density at radius 3 is 2.61 bits per heavy atom. The number of terminal acetylenes is 1. The summed E-state index contributed by atoms with van der Waals surface area (Å²) < 4.78 is 26.3. The average molecular weight is 266 g/mol. The number of sulfonamides is 1. The topological polar surface area (TPSA) is 63.4 Å². The van der Waals surface area contributed by atoms with E-state index in [9.17, 15) is 8.42 Å². The second-order valence-electron chi connectivity index (χ2n) is 4.04. The van der Waals surface area contributed by atoms with Crippen molar-refractivity contribution in [3.05, 3.63) is 23.8 Å². The molecule has 0 aromatic heterocycles. The second-order valence-corrected chi connectivity index (χ2v) is 5.91. The molecule has 0 saturated heterocycles. The minimum Gasteiger partial charge on any atom is -0.398 e. The summed E-state index contributed by atoms with van der Waals surface area (Å²) in [5.74, 6) is 2.37. The third-order valence-corrected chi connectivity index (χ3v) is 4.65. The van der Waals surface area contributed by atoms with Gasteiger partial charge in [0.25, 0.3) is 0 Å². The van der Waals surface area contributed by atoms with Crippen molar-refractivity contribution in [3.8, 4) is 12.3 Å². The van der Waals surface area contributed by atoms with Gasteiger partial charge in [-0.2, -0.15) is 4.31 Å². The molecule has 0 unspecified atom stereocenters. The Bertz CT molecular complexity index is 539. The van der Waals surface area contributed by atoms with E-state index in [4.69, 9.17) is 12.2 Å². The second kappa shape index (κ2) is 5.89. The number of rotatable bonds is 5. The molecular weight excluding hydrogens is 248 g/mol. The smallest absolute Gasteiger partial charge is 0.246 e. The highest BCUT2D eigenvalue weighted by Crippen LogP contribution is 2.25. The summed E-state index contributed by atoms with van der Waals surface area (Å²) in [6.07, 6.45) is 5.92. The van der Waals surface area contributed by atoms with Crippen LogP contribution in [0.2, 0.25) is 0 Å². The van der Waals surface area contributed by atoms with E-state index in [1.807, 2.05) is 6.92 Å². The van der Waals surface area contributed by atoms with Gasteiger partial charge in [-0.15, -0.1) is 6.42 Å². The molecule has 0 atom stereocenters. The number of hydrogen-bond donors (Lipinski definition) is 1. The Morgan fingerprint density at radius 1 is 1.44 bits per heavy atom. The van der Waals surface area contributed by atoms with Crippen molar-refractivity contribution in [2.24, 2.45) is 0 Å². The van der Waals surface area contributed by atoms with Gasteiger partial charge < -0.3 is 5.73 Å². The first-order chi connectivity index (χ1) is 8.45. The van der Waals surface area contributed by atoms with Crippen LogP contribution in [0.4, 0.5) is 5.69 Å². The molecule has 98 valence electrons. The summed E-state index contributed by atoms with van der Waals surface area (Å²) >= 11 is 0. The molecule has 0 amide bonds. The molecule has 5 heteroatoms. The van der Waals surface area contributed by atoms with E-state index in [-0.39, 0.29) is 17.1 Å². The minimum absolute atomic E-state index is 0.0595. The molecule has 1 rings (SSSR count). The van der Waals surface area contributed by atoms with Gasteiger partial charge in [0.15, 0.2) is 0 Å². The fourth-order valence-corrected chi connectivity index (χ4v) is 3.56. The standard InChI is InChI=1S/C13H18N2O2S/c1-4-9-15(10-5-2)18(16,17)13-11(3)7-6-8-12(13)14/h1,6-8H,5,9-10,14H2,2-3H3. The maximum atomic E-state index is 12.5. The van der Waals surface area contributed by atoms with Crippen LogP contribution in [0.5, 0.6) is 0 Å². The molecule has 2 N–H and O–H groups in total. The van der Waals surface area contributed by atoms with Crippen LogP contribution in [-0.4, -0.2) is 25.8 Å². The molecular formula is C13H18N2O2S. The third kappa shape index (κ3) is 2.84. The average Bonchev–Trinajstić information content (AvgIpc) is 2.28. The molecule has 0 heterocycles. The van der Waals surface area contributed by atoms with Crippen molar-refractivity contribution in [2.75, 3.05) is 18.8 Å². The number of nitrogen functional groups attached to an aromatic ring is 1. The normalized spacial score (nSPS) is 11.4. The molecule has 4 nitrogen and oxygen atoms in total. The zero-order chi connectivity index (χ0) is 13.8. The Hall–Kier alpha value is -1.51. The summed E-state index contributed by atoms with van der Waals surface area (Å²) in [5, 5.41) is 0. The lowest BCUT2D eigenvalue weighted by Crippen LogP contribution is -2.33. The first-order valence-corrected chi connectivity index (χ1v) is 7.17. The lowest BCUT2D eigenvalue weighted by atomic mass is 10.2. The summed E-state index contributed by atoms with van der Waals surface area (Å²) in [6.45, 7) is 4.08. The lowest BCUT2D eigenvalue weighted by molar-refractivity contribution is 0.445. The number of nitrogens with zero attached hydrogens (tertiary/aromatic N) is 1. The van der Waals surface area contributed by atoms with Gasteiger partial charge in [-0.05, 0) is 25.0 Å². The van der Waals surface area contributed by atoms with E-state index in [1.54, 1.807) is 25.1 Å². The van der Waals surface area contributed by atoms with Gasteiger partial charge in [0.2, 0.25) is 10.0 Å². The van der Waals surface area contributed by atoms with E-state index >= 15 is 0 Å². The molecule has 0 aliphatic heterocycles. The van der Waals surface area contributed by atoms with Gasteiger partial charge in [0.1, 0.15) is 4.90 Å². The van der Waals surface area contributed by atoms with Crippen LogP contribution in [-0.2, 0) is 10.0 Å². The predicted octanol–water partition coefficient (Wildman–Crippen LogP) is 1.61. The summed E-state index contributed by atoms with van der Waals surface area (Å²) in [7, 11) is -3.62. The Balaban J connectivity index is 3.32. The molecule has 1 aromatic rings. The Labute approximate surface area is 109 Å². The van der Waals surface area contributed by atoms with Gasteiger partial charge in [-0.3, -0.25) is 0 Å². The Kier molecular flexibility index (Phi) is 4.76. The molecule has 0 spiro atoms. The van der Waals surface area contributed by atoms with Crippen LogP contribution in [0.1, 0.15) is 18.9 Å². The van der Waals surface area contributed by atoms with Crippen molar-refractivity contribution in [1.82, 2.24) is 4.31 Å². The van der Waals surface area contributed by atoms with Crippen LogP contribution in [0.3, 0.4) is 0 Å². The molecule has 0 aliphatic rings. The largest absolute Gasteiger partial charge is 0.398 e. The van der Waals surface area contributed by atoms with Gasteiger partial charge in [-0.1, -0.05) is 25.0 Å². The molecule has 0 saturated carbocycles. The van der Waals surface area contributed by atoms with Gasteiger partial charge >= 0.3 is 0 Å². The quantitative estimate of drug-likeness (QED) is 0.650. The van der Waals surface area contributed by atoms with Gasteiger partial charge in [0, 0.05) is 6.54 Å². The van der Waals surface area contributed by atoms with E-state index in [0.717, 1.165) is 0 Å². The lowest BCUT2D eigenvalue weighted by Gasteiger charge is -2.21. The van der Waals surface area contributed by atoms with Crippen molar-refractivity contribution in [2.45, 2.75) is 25.2 Å². The highest BCUT2D eigenvalue weighted by molar-refractivity contribution is 7.89. The van der Waals surface area contributed by atoms with Crippen molar-refractivity contribution < 1.29 is 8.42 Å². The summed E-state index contributed by atoms with van der Waals surface area (Å²) in [5.41, 5.74) is 6.67. The molecule has 18 heavy (non-hydrogen) atoms. The van der Waals surface area contributed by atoms with Gasteiger partial charge in [0.05, 0.1) is 12.2 Å². The van der Waals surface area contributed by atoms with Crippen molar-refractivity contribution in [3.63, 3.8) is 0 Å². The minimum atomic E-state index is -3.62. The monoisotopic (exact) mass is 266 g/mol. The number of hydrogen-bond acceptors (Lipinski definition) is 3. The Morgan fingerprint density at radius 2 is 2.11 bits per heavy atom. The number of benzene rings is 1. The van der Waals surface area contributed by atoms with Crippen LogP contribution >= 0.6 is 0 Å². The third-order valence-electron chi connectivity index (χ3n) is 2.58. The van der Waals surface area contributed by atoms with Crippen LogP contribution in [0.15, 0.2) is 23.1 Å². The maximum absolute atomic E-state index is 12.5. The fourth-order valence-electron chi connectivity index (χ4n) is 1.79. The summed E-state index contributed by atoms with van der Waals surface area (Å²) in [4.78, 5) is 0.161. The zero-order valence-electron chi connectivity index (χ0n) is 10.7. The van der Waals surface area contributed by atoms with E-state index in [0.29, 0.717) is 18.5 Å². The van der Waals surface area contributed by atoms with Crippen LogP contribution < -0.4 is 5.73 Å². The predicted molar refractivity (Wildman–Crippen MR) is 73.5 cm³/mol. The molecule has 0 radical (unpaired) electrons. The zero-order valence-corrected chi connectivity index (χ0v) is 11.5. The number of anilines is 1. The van der Waals surface area contributed by atoms with Gasteiger partial charge in [-0.25, -0.2) is 8.42 Å². The van der Waals surface area contributed by atoms with E-state index in [2.05, 4.69) is 5.92 Å². The van der Waals surface area contributed by atoms with Crippen molar-refractivity contribution in [1.29, 1.82) is 0 Å². The van der Waals surface area contributed by atoms with Crippen LogP contribution in [0.25, 0.3) is 0 Å². The van der Waals surface area contributed by atoms with Crippen LogP contribution in [0, 0.1) is 19.3 Å². The van der Waals surface area contributed by atoms with Crippen molar-refractivity contribution >= 4 is 15.7 Å². The number of nitrogens with two attached hydrogens (primary N) is 1. The maximum Gasteiger partial charge on any atom is 0.246 e. The van der Waals surface area contributed by atoms with E-state index in [1.165, 1.54) is 4.31 Å². The molecule has 0 bridgehead atoms. The highest BCUT2D eigenvalue weighted by Gasteiger charge is 2.26. The number of aryl methyl sites for hydroxylation is 1.